The van der Waals surface area contributed by atoms with Gasteiger partial charge in [-0.25, -0.2) is 4.79 Å². The van der Waals surface area contributed by atoms with Crippen LogP contribution in [0.4, 0.5) is 0 Å². The fourth-order valence-corrected chi connectivity index (χ4v) is 1.63. The number of hydrogen-bond donors (Lipinski definition) is 0. The minimum atomic E-state index is -0.461. The molecule has 0 unspecified atom stereocenters. The molecule has 0 radical (unpaired) electrons. The van der Waals surface area contributed by atoms with E-state index in [0.29, 0.717) is 22.8 Å². The average Bonchev–Trinajstić information content (AvgIpc) is 2.70. The van der Waals surface area contributed by atoms with Crippen molar-refractivity contribution < 1.29 is 19.1 Å². The lowest BCUT2D eigenvalue weighted by atomic mass is 10.1. The van der Waals surface area contributed by atoms with Crippen LogP contribution in [0.1, 0.15) is 12.5 Å². The van der Waals surface area contributed by atoms with Crippen LogP contribution in [0.2, 0.25) is 0 Å². The maximum atomic E-state index is 11.5. The van der Waals surface area contributed by atoms with Crippen LogP contribution in [0.15, 0.2) is 28.9 Å². The molecule has 1 aliphatic heterocycles. The Morgan fingerprint density at radius 2 is 2.06 bits per heavy atom. The number of hydrogen-bond acceptors (Lipinski definition) is 5. The van der Waals surface area contributed by atoms with Crippen molar-refractivity contribution in [2.45, 2.75) is 6.92 Å². The third-order valence-electron chi connectivity index (χ3n) is 2.61. The van der Waals surface area contributed by atoms with Gasteiger partial charge in [-0.2, -0.15) is 0 Å². The summed E-state index contributed by atoms with van der Waals surface area (Å²) < 4.78 is 10.4. The third kappa shape index (κ3) is 2.20. The molecule has 0 saturated carbocycles. The first-order valence-corrected chi connectivity index (χ1v) is 5.35. The van der Waals surface area contributed by atoms with Gasteiger partial charge in [-0.1, -0.05) is 5.16 Å². The fraction of sp³-hybridized carbons (Fsp3) is 0.231. The summed E-state index contributed by atoms with van der Waals surface area (Å²) in [4.78, 5) is 16.1. The predicted octanol–water partition coefficient (Wildman–Crippen LogP) is 2.02. The zero-order valence-corrected chi connectivity index (χ0v) is 10.4. The van der Waals surface area contributed by atoms with E-state index in [4.69, 9.17) is 9.47 Å². The Morgan fingerprint density at radius 1 is 1.28 bits per heavy atom. The Labute approximate surface area is 105 Å². The largest absolute Gasteiger partial charge is 0.497 e. The van der Waals surface area contributed by atoms with E-state index in [0.717, 1.165) is 5.56 Å². The van der Waals surface area contributed by atoms with Crippen molar-refractivity contribution in [2.24, 2.45) is 5.16 Å². The van der Waals surface area contributed by atoms with Gasteiger partial charge in [0.1, 0.15) is 11.5 Å². The zero-order valence-electron chi connectivity index (χ0n) is 10.4. The minimum absolute atomic E-state index is 0.418. The van der Waals surface area contributed by atoms with E-state index in [1.807, 2.05) is 0 Å². The van der Waals surface area contributed by atoms with E-state index < -0.39 is 5.97 Å². The van der Waals surface area contributed by atoms with Crippen molar-refractivity contribution in [1.82, 2.24) is 0 Å². The summed E-state index contributed by atoms with van der Waals surface area (Å²) >= 11 is 0. The number of ether oxygens (including phenoxy) is 2. The predicted molar refractivity (Wildman–Crippen MR) is 66.7 cm³/mol. The molecule has 0 atom stereocenters. The van der Waals surface area contributed by atoms with Gasteiger partial charge in [0.25, 0.3) is 0 Å². The normalized spacial score (nSPS) is 16.5. The second-order valence-electron chi connectivity index (χ2n) is 3.72. The lowest BCUT2D eigenvalue weighted by molar-refractivity contribution is -0.136. The molecule has 0 spiro atoms. The Bertz CT molecular complexity index is 546. The summed E-state index contributed by atoms with van der Waals surface area (Å²) in [6.45, 7) is 1.71. The number of oxime groups is 1. The first kappa shape index (κ1) is 12.2. The molecule has 5 nitrogen and oxygen atoms in total. The molecule has 0 aromatic heterocycles. The maximum Gasteiger partial charge on any atom is 0.367 e. The van der Waals surface area contributed by atoms with Crippen molar-refractivity contribution in [3.63, 3.8) is 0 Å². The maximum absolute atomic E-state index is 11.5. The molecule has 0 aliphatic carbocycles. The van der Waals surface area contributed by atoms with Gasteiger partial charge >= 0.3 is 5.97 Å². The van der Waals surface area contributed by atoms with Gasteiger partial charge in [0.05, 0.1) is 25.5 Å². The highest BCUT2D eigenvalue weighted by molar-refractivity contribution is 6.24. The van der Waals surface area contributed by atoms with Gasteiger partial charge in [0.15, 0.2) is 0 Å². The van der Waals surface area contributed by atoms with Gasteiger partial charge in [0.2, 0.25) is 0 Å². The van der Waals surface area contributed by atoms with Gasteiger partial charge in [-0.05, 0) is 31.2 Å². The molecular weight excluding hydrogens is 234 g/mol. The van der Waals surface area contributed by atoms with E-state index in [2.05, 4.69) is 9.99 Å². The van der Waals surface area contributed by atoms with Crippen LogP contribution >= 0.6 is 0 Å². The van der Waals surface area contributed by atoms with Crippen molar-refractivity contribution in [2.75, 3.05) is 14.2 Å². The van der Waals surface area contributed by atoms with Gasteiger partial charge in [-0.15, -0.1) is 0 Å². The fourth-order valence-electron chi connectivity index (χ4n) is 1.63. The minimum Gasteiger partial charge on any atom is -0.497 e. The number of rotatable bonds is 3. The summed E-state index contributed by atoms with van der Waals surface area (Å²) in [7, 11) is 3.15. The molecule has 0 amide bonds. The number of nitrogens with zero attached hydrogens (tertiary/aromatic N) is 1. The van der Waals surface area contributed by atoms with E-state index >= 15 is 0 Å². The molecule has 0 N–H and O–H groups in total. The van der Waals surface area contributed by atoms with Gasteiger partial charge < -0.3 is 14.3 Å². The number of carbonyl (C=O) groups excluding carboxylic acids is 1. The van der Waals surface area contributed by atoms with Crippen LogP contribution in [0.3, 0.4) is 0 Å². The first-order valence-electron chi connectivity index (χ1n) is 5.35. The standard InChI is InChI=1S/C13H13NO4/c1-8-11(13(15)18-14-8)7-9-6-10(16-2)4-5-12(9)17-3/h4-7H,1-3H3/b11-7-. The van der Waals surface area contributed by atoms with E-state index in [1.165, 1.54) is 0 Å². The van der Waals surface area contributed by atoms with E-state index in [9.17, 15) is 4.79 Å². The molecular formula is C13H13NO4. The molecule has 18 heavy (non-hydrogen) atoms. The van der Waals surface area contributed by atoms with Crippen LogP contribution in [-0.2, 0) is 9.63 Å². The number of benzene rings is 1. The van der Waals surface area contributed by atoms with Crippen molar-refractivity contribution in [3.8, 4) is 11.5 Å². The molecule has 1 aromatic carbocycles. The van der Waals surface area contributed by atoms with Crippen LogP contribution in [0.5, 0.6) is 11.5 Å². The average molecular weight is 247 g/mol. The van der Waals surface area contributed by atoms with E-state index in [1.54, 1.807) is 45.4 Å². The second kappa shape index (κ2) is 4.91. The zero-order chi connectivity index (χ0) is 13.1. The summed E-state index contributed by atoms with van der Waals surface area (Å²) in [6.07, 6.45) is 1.68. The van der Waals surface area contributed by atoms with Crippen LogP contribution < -0.4 is 9.47 Å². The Morgan fingerprint density at radius 3 is 2.61 bits per heavy atom. The molecule has 1 aromatic rings. The highest BCUT2D eigenvalue weighted by Crippen LogP contribution is 2.27. The third-order valence-corrected chi connectivity index (χ3v) is 2.61. The van der Waals surface area contributed by atoms with Crippen molar-refractivity contribution in [3.05, 3.63) is 29.3 Å². The summed E-state index contributed by atoms with van der Waals surface area (Å²) in [5.41, 5.74) is 1.70. The lowest BCUT2D eigenvalue weighted by Gasteiger charge is -2.07. The van der Waals surface area contributed by atoms with Crippen LogP contribution in [0.25, 0.3) is 6.08 Å². The molecule has 1 heterocycles. The van der Waals surface area contributed by atoms with Crippen LogP contribution in [0, 0.1) is 0 Å². The Kier molecular flexibility index (Phi) is 3.32. The molecule has 0 saturated heterocycles. The monoisotopic (exact) mass is 247 g/mol. The topological polar surface area (TPSA) is 57.1 Å². The van der Waals surface area contributed by atoms with Crippen LogP contribution in [-0.4, -0.2) is 25.9 Å². The highest BCUT2D eigenvalue weighted by atomic mass is 16.7. The van der Waals surface area contributed by atoms with Gasteiger partial charge in [0, 0.05) is 5.56 Å². The Balaban J connectivity index is 2.47. The molecule has 0 fully saturated rings. The molecule has 5 heteroatoms. The van der Waals surface area contributed by atoms with Crippen molar-refractivity contribution >= 4 is 17.8 Å². The number of carbonyl (C=O) groups is 1. The quantitative estimate of drug-likeness (QED) is 0.605. The van der Waals surface area contributed by atoms with Crippen molar-refractivity contribution in [1.29, 1.82) is 0 Å². The summed E-state index contributed by atoms with van der Waals surface area (Å²) in [6, 6.07) is 5.34. The first-order chi connectivity index (χ1) is 8.65. The highest BCUT2D eigenvalue weighted by Gasteiger charge is 2.22. The second-order valence-corrected chi connectivity index (χ2v) is 3.72. The molecule has 2 rings (SSSR count). The SMILES string of the molecule is COc1ccc(OC)c(/C=C2\C(=O)ON=C2C)c1. The molecule has 0 bridgehead atoms. The molecule has 94 valence electrons. The van der Waals surface area contributed by atoms with E-state index in [-0.39, 0.29) is 0 Å². The smallest absolute Gasteiger partial charge is 0.367 e. The number of methoxy groups -OCH3 is 2. The lowest BCUT2D eigenvalue weighted by Crippen LogP contribution is -2.02. The molecule has 1 aliphatic rings. The van der Waals surface area contributed by atoms with Gasteiger partial charge in [-0.3, -0.25) is 0 Å². The Hall–Kier alpha value is -2.30. The summed E-state index contributed by atoms with van der Waals surface area (Å²) in [5.74, 6) is 0.872. The summed E-state index contributed by atoms with van der Waals surface area (Å²) in [5, 5.41) is 3.62.